The second kappa shape index (κ2) is 9.27. The molecule has 33 heavy (non-hydrogen) atoms. The number of hydrogen-bond acceptors (Lipinski definition) is 6. The van der Waals surface area contributed by atoms with Gasteiger partial charge in [0.25, 0.3) is 0 Å². The predicted molar refractivity (Wildman–Crippen MR) is 125 cm³/mol. The van der Waals surface area contributed by atoms with Crippen LogP contribution in [0.1, 0.15) is 30.9 Å². The summed E-state index contributed by atoms with van der Waals surface area (Å²) in [4.78, 5) is 17.2. The minimum Gasteiger partial charge on any atom is -0.492 e. The Morgan fingerprint density at radius 3 is 2.76 bits per heavy atom. The normalized spacial score (nSPS) is 15.6. The minimum atomic E-state index is -3.46. The quantitative estimate of drug-likeness (QED) is 0.546. The molecule has 2 heterocycles. The first-order chi connectivity index (χ1) is 15.7. The zero-order valence-corrected chi connectivity index (χ0v) is 19.6. The summed E-state index contributed by atoms with van der Waals surface area (Å²) >= 11 is 0. The monoisotopic (exact) mass is 469 g/mol. The lowest BCUT2D eigenvalue weighted by molar-refractivity contribution is -0.126. The maximum atomic E-state index is 12.7. The number of ether oxygens (including phenoxy) is 1. The van der Waals surface area contributed by atoms with Crippen molar-refractivity contribution in [2.75, 3.05) is 11.3 Å². The number of hydrogen-bond donors (Lipinski definition) is 2. The van der Waals surface area contributed by atoms with Crippen LogP contribution in [0, 0.1) is 12.8 Å². The third-order valence-electron chi connectivity index (χ3n) is 5.56. The van der Waals surface area contributed by atoms with Crippen LogP contribution in [0.5, 0.6) is 5.75 Å². The Kier molecular flexibility index (Phi) is 6.42. The fourth-order valence-electron chi connectivity index (χ4n) is 3.52. The number of nitrogens with one attached hydrogen (secondary N) is 2. The van der Waals surface area contributed by atoms with Crippen molar-refractivity contribution in [2.45, 2.75) is 39.0 Å². The first kappa shape index (κ1) is 22.8. The maximum absolute atomic E-state index is 12.7. The molecule has 0 saturated carbocycles. The van der Waals surface area contributed by atoms with Crippen molar-refractivity contribution >= 4 is 21.6 Å². The molecule has 1 atom stereocenters. The Morgan fingerprint density at radius 1 is 1.18 bits per heavy atom. The van der Waals surface area contributed by atoms with Gasteiger partial charge in [0, 0.05) is 11.3 Å². The van der Waals surface area contributed by atoms with Gasteiger partial charge < -0.3 is 14.5 Å². The second-order valence-electron chi connectivity index (χ2n) is 8.34. The standard InChI is InChI=1S/C24H27N3O5S/c1-15(2)33(29,30)27-20-9-6-8-18(12-20)24-26-21(16(3)32-24)13-25-23(28)19-11-17-7-4-5-10-22(17)31-14-19/h4-10,12,15,19,27H,11,13-14H2,1-3H3,(H,25,28). The molecule has 0 fully saturated rings. The van der Waals surface area contributed by atoms with Gasteiger partial charge in [-0.3, -0.25) is 9.52 Å². The van der Waals surface area contributed by atoms with Crippen molar-refractivity contribution < 1.29 is 22.4 Å². The number of fused-ring (bicyclic) bond motifs is 1. The van der Waals surface area contributed by atoms with Gasteiger partial charge in [-0.1, -0.05) is 24.3 Å². The van der Waals surface area contributed by atoms with Crippen molar-refractivity contribution in [3.63, 3.8) is 0 Å². The number of rotatable bonds is 7. The van der Waals surface area contributed by atoms with Crippen molar-refractivity contribution in [3.8, 4) is 17.2 Å². The maximum Gasteiger partial charge on any atom is 0.235 e. The number of para-hydroxylation sites is 1. The number of anilines is 1. The smallest absolute Gasteiger partial charge is 0.235 e. The highest BCUT2D eigenvalue weighted by Gasteiger charge is 2.26. The average Bonchev–Trinajstić information content (AvgIpc) is 3.17. The molecule has 1 unspecified atom stereocenters. The number of carbonyl (C=O) groups is 1. The zero-order chi connectivity index (χ0) is 23.6. The summed E-state index contributed by atoms with van der Waals surface area (Å²) in [6.45, 7) is 5.57. The molecule has 1 aromatic heterocycles. The fourth-order valence-corrected chi connectivity index (χ4v) is 4.22. The number of carbonyl (C=O) groups excluding carboxylic acids is 1. The first-order valence-electron chi connectivity index (χ1n) is 10.8. The van der Waals surface area contributed by atoms with Gasteiger partial charge in [0.05, 0.1) is 17.7 Å². The number of oxazole rings is 1. The molecule has 0 saturated heterocycles. The van der Waals surface area contributed by atoms with Crippen LogP contribution in [0.2, 0.25) is 0 Å². The summed E-state index contributed by atoms with van der Waals surface area (Å²) in [5.74, 6) is 1.41. The van der Waals surface area contributed by atoms with Gasteiger partial charge in [-0.2, -0.15) is 0 Å². The van der Waals surface area contributed by atoms with Gasteiger partial charge in [0.2, 0.25) is 21.8 Å². The van der Waals surface area contributed by atoms with Crippen LogP contribution in [-0.4, -0.2) is 31.2 Å². The average molecular weight is 470 g/mol. The fraction of sp³-hybridized carbons (Fsp3) is 0.333. The lowest BCUT2D eigenvalue weighted by atomic mass is 9.96. The largest absolute Gasteiger partial charge is 0.492 e. The van der Waals surface area contributed by atoms with Gasteiger partial charge in [0.1, 0.15) is 23.8 Å². The van der Waals surface area contributed by atoms with Crippen LogP contribution in [0.3, 0.4) is 0 Å². The third-order valence-corrected chi connectivity index (χ3v) is 7.32. The molecule has 174 valence electrons. The van der Waals surface area contributed by atoms with Crippen molar-refractivity contribution in [3.05, 3.63) is 65.5 Å². The Hall–Kier alpha value is -3.33. The highest BCUT2D eigenvalue weighted by atomic mass is 32.2. The Balaban J connectivity index is 1.42. The van der Waals surface area contributed by atoms with Crippen LogP contribution in [-0.2, 0) is 27.8 Å². The zero-order valence-electron chi connectivity index (χ0n) is 18.8. The molecule has 0 aliphatic carbocycles. The molecule has 0 radical (unpaired) electrons. The molecule has 4 rings (SSSR count). The van der Waals surface area contributed by atoms with E-state index in [4.69, 9.17) is 9.15 Å². The van der Waals surface area contributed by atoms with E-state index in [0.717, 1.165) is 11.3 Å². The number of aryl methyl sites for hydroxylation is 1. The lowest BCUT2D eigenvalue weighted by Gasteiger charge is -2.24. The van der Waals surface area contributed by atoms with Crippen molar-refractivity contribution in [2.24, 2.45) is 5.92 Å². The number of amides is 1. The molecule has 0 bridgehead atoms. The molecular formula is C24H27N3O5S. The van der Waals surface area contributed by atoms with Crippen molar-refractivity contribution in [1.29, 1.82) is 0 Å². The molecule has 1 aliphatic heterocycles. The number of aromatic nitrogens is 1. The lowest BCUT2D eigenvalue weighted by Crippen LogP contribution is -2.37. The van der Waals surface area contributed by atoms with E-state index in [-0.39, 0.29) is 18.4 Å². The molecule has 0 spiro atoms. The topological polar surface area (TPSA) is 111 Å². The highest BCUT2D eigenvalue weighted by Crippen LogP contribution is 2.28. The van der Waals surface area contributed by atoms with Gasteiger partial charge >= 0.3 is 0 Å². The van der Waals surface area contributed by atoms with E-state index in [1.807, 2.05) is 24.3 Å². The molecule has 1 amide bonds. The number of sulfonamides is 1. The summed E-state index contributed by atoms with van der Waals surface area (Å²) < 4.78 is 38.4. The molecule has 2 aromatic carbocycles. The van der Waals surface area contributed by atoms with Gasteiger partial charge in [-0.25, -0.2) is 13.4 Å². The van der Waals surface area contributed by atoms with E-state index in [1.165, 1.54) is 0 Å². The molecule has 8 nitrogen and oxygen atoms in total. The summed E-state index contributed by atoms with van der Waals surface area (Å²) in [5.41, 5.74) is 2.71. The van der Waals surface area contributed by atoms with Gasteiger partial charge in [-0.05, 0) is 57.0 Å². The van der Waals surface area contributed by atoms with Crippen LogP contribution in [0.4, 0.5) is 5.69 Å². The SMILES string of the molecule is Cc1oc(-c2cccc(NS(=O)(=O)C(C)C)c2)nc1CNC(=O)C1COc2ccccc2C1. The van der Waals surface area contributed by atoms with Crippen LogP contribution < -0.4 is 14.8 Å². The second-order valence-corrected chi connectivity index (χ2v) is 10.6. The summed E-state index contributed by atoms with van der Waals surface area (Å²) in [6.07, 6.45) is 0.629. The Bertz CT molecular complexity index is 1270. The van der Waals surface area contributed by atoms with E-state index in [1.54, 1.807) is 45.0 Å². The third kappa shape index (κ3) is 5.19. The number of benzene rings is 2. The summed E-state index contributed by atoms with van der Waals surface area (Å²) in [5, 5.41) is 2.37. The molecule has 3 aromatic rings. The van der Waals surface area contributed by atoms with Crippen LogP contribution in [0.25, 0.3) is 11.5 Å². The van der Waals surface area contributed by atoms with Crippen LogP contribution >= 0.6 is 0 Å². The van der Waals surface area contributed by atoms with Gasteiger partial charge in [0.15, 0.2) is 0 Å². The summed E-state index contributed by atoms with van der Waals surface area (Å²) in [6, 6.07) is 14.6. The van der Waals surface area contributed by atoms with E-state index in [0.29, 0.717) is 41.6 Å². The van der Waals surface area contributed by atoms with E-state index < -0.39 is 15.3 Å². The van der Waals surface area contributed by atoms with Gasteiger partial charge in [-0.15, -0.1) is 0 Å². The number of nitrogens with zero attached hydrogens (tertiary/aromatic N) is 1. The molecule has 9 heteroatoms. The summed E-state index contributed by atoms with van der Waals surface area (Å²) in [7, 11) is -3.46. The predicted octanol–water partition coefficient (Wildman–Crippen LogP) is 3.67. The van der Waals surface area contributed by atoms with Crippen LogP contribution in [0.15, 0.2) is 52.9 Å². The first-order valence-corrected chi connectivity index (χ1v) is 12.3. The Labute approximate surface area is 193 Å². The Morgan fingerprint density at radius 2 is 1.97 bits per heavy atom. The van der Waals surface area contributed by atoms with E-state index >= 15 is 0 Å². The van der Waals surface area contributed by atoms with E-state index in [9.17, 15) is 13.2 Å². The van der Waals surface area contributed by atoms with E-state index in [2.05, 4.69) is 15.0 Å². The molecular weight excluding hydrogens is 442 g/mol. The molecule has 2 N–H and O–H groups in total. The molecule has 1 aliphatic rings. The minimum absolute atomic E-state index is 0.0986. The van der Waals surface area contributed by atoms with Crippen molar-refractivity contribution in [1.82, 2.24) is 10.3 Å². The highest BCUT2D eigenvalue weighted by molar-refractivity contribution is 7.93.